The average Bonchev–Trinajstić information content (AvgIpc) is 2.80. The van der Waals surface area contributed by atoms with Crippen molar-refractivity contribution in [1.29, 1.82) is 0 Å². The highest BCUT2D eigenvalue weighted by Crippen LogP contribution is 2.18. The summed E-state index contributed by atoms with van der Waals surface area (Å²) in [4.78, 5) is 11.8. The number of methoxy groups -OCH3 is 1. The fourth-order valence-corrected chi connectivity index (χ4v) is 3.78. The van der Waals surface area contributed by atoms with E-state index in [0.717, 1.165) is 69.3 Å². The lowest BCUT2D eigenvalue weighted by Crippen LogP contribution is -2.48. The third-order valence-corrected chi connectivity index (χ3v) is 5.40. The Morgan fingerprint density at radius 2 is 2.03 bits per heavy atom. The summed E-state index contributed by atoms with van der Waals surface area (Å²) >= 11 is 0. The Morgan fingerprint density at radius 1 is 1.19 bits per heavy atom. The van der Waals surface area contributed by atoms with Gasteiger partial charge in [-0.15, -0.1) is 24.0 Å². The second-order valence-electron chi connectivity index (χ2n) is 7.72. The van der Waals surface area contributed by atoms with E-state index in [4.69, 9.17) is 9.73 Å². The predicted octanol–water partition coefficient (Wildman–Crippen LogP) is 3.92. The number of aromatic nitrogens is 1. The second kappa shape index (κ2) is 14.4. The molecule has 0 bridgehead atoms. The molecular formula is C24H36IN5O. The van der Waals surface area contributed by atoms with Crippen LogP contribution in [0.25, 0.3) is 11.3 Å². The molecule has 3 rings (SSSR count). The molecule has 1 aliphatic rings. The lowest BCUT2D eigenvalue weighted by molar-refractivity contribution is 0.155. The molecule has 0 saturated carbocycles. The lowest BCUT2D eigenvalue weighted by Gasteiger charge is -2.33. The van der Waals surface area contributed by atoms with Crippen LogP contribution in [0, 0.1) is 0 Å². The molecule has 7 heteroatoms. The number of ether oxygens (including phenoxy) is 1. The van der Waals surface area contributed by atoms with E-state index in [9.17, 15) is 0 Å². The van der Waals surface area contributed by atoms with Crippen LogP contribution >= 0.6 is 24.0 Å². The molecule has 0 aliphatic carbocycles. The molecule has 6 nitrogen and oxygen atoms in total. The molecule has 1 aromatic heterocycles. The average molecular weight is 537 g/mol. The van der Waals surface area contributed by atoms with Crippen molar-refractivity contribution in [2.45, 2.75) is 38.8 Å². The topological polar surface area (TPSA) is 61.8 Å². The van der Waals surface area contributed by atoms with Gasteiger partial charge >= 0.3 is 0 Å². The summed E-state index contributed by atoms with van der Waals surface area (Å²) in [6, 6.07) is 14.9. The molecular weight excluding hydrogens is 501 g/mol. The van der Waals surface area contributed by atoms with Crippen LogP contribution in [0.1, 0.15) is 31.7 Å². The van der Waals surface area contributed by atoms with Crippen LogP contribution in [0.15, 0.2) is 53.7 Å². The predicted molar refractivity (Wildman–Crippen MR) is 139 cm³/mol. The highest BCUT2D eigenvalue weighted by molar-refractivity contribution is 14.0. The van der Waals surface area contributed by atoms with E-state index in [1.807, 2.05) is 24.4 Å². The number of piperidine rings is 1. The summed E-state index contributed by atoms with van der Waals surface area (Å²) < 4.78 is 5.16. The molecule has 0 spiro atoms. The quantitative estimate of drug-likeness (QED) is 0.220. The Morgan fingerprint density at radius 3 is 2.74 bits per heavy atom. The fraction of sp³-hybridized carbons (Fsp3) is 0.500. The van der Waals surface area contributed by atoms with Crippen LogP contribution < -0.4 is 10.6 Å². The van der Waals surface area contributed by atoms with E-state index in [1.165, 1.54) is 5.56 Å². The van der Waals surface area contributed by atoms with E-state index in [-0.39, 0.29) is 24.0 Å². The third-order valence-electron chi connectivity index (χ3n) is 5.40. The van der Waals surface area contributed by atoms with E-state index >= 15 is 0 Å². The van der Waals surface area contributed by atoms with E-state index in [0.29, 0.717) is 12.6 Å². The minimum absolute atomic E-state index is 0. The maximum atomic E-state index is 5.16. The number of nitrogens with one attached hydrogen (secondary N) is 2. The Hall–Kier alpha value is -1.71. The molecule has 1 aromatic carbocycles. The molecule has 2 aromatic rings. The van der Waals surface area contributed by atoms with E-state index < -0.39 is 0 Å². The Bertz CT molecular complexity index is 779. The number of guanidine groups is 1. The van der Waals surface area contributed by atoms with Gasteiger partial charge in [0.2, 0.25) is 0 Å². The third kappa shape index (κ3) is 8.74. The molecule has 0 amide bonds. The van der Waals surface area contributed by atoms with E-state index in [1.54, 1.807) is 7.11 Å². The number of hydrogen-bond acceptors (Lipinski definition) is 4. The van der Waals surface area contributed by atoms with Crippen molar-refractivity contribution in [3.8, 4) is 11.3 Å². The van der Waals surface area contributed by atoms with Gasteiger partial charge in [0.1, 0.15) is 0 Å². The number of aliphatic imine (C=N–C) groups is 1. The summed E-state index contributed by atoms with van der Waals surface area (Å²) in [5.74, 6) is 0.901. The van der Waals surface area contributed by atoms with Gasteiger partial charge in [0, 0.05) is 57.7 Å². The van der Waals surface area contributed by atoms with Crippen molar-refractivity contribution in [3.05, 3.63) is 54.2 Å². The first-order valence-electron chi connectivity index (χ1n) is 11.0. The van der Waals surface area contributed by atoms with Crippen LogP contribution in [-0.2, 0) is 11.3 Å². The Labute approximate surface area is 203 Å². The van der Waals surface area contributed by atoms with Crippen LogP contribution in [0.5, 0.6) is 0 Å². The summed E-state index contributed by atoms with van der Waals surface area (Å²) in [7, 11) is 1.77. The first-order valence-corrected chi connectivity index (χ1v) is 11.0. The minimum atomic E-state index is 0. The van der Waals surface area contributed by atoms with Crippen molar-refractivity contribution in [2.75, 3.05) is 39.9 Å². The molecule has 1 fully saturated rings. The highest BCUT2D eigenvalue weighted by Gasteiger charge is 2.19. The van der Waals surface area contributed by atoms with Gasteiger partial charge in [0.15, 0.2) is 5.96 Å². The normalized spacial score (nSPS) is 15.4. The molecule has 0 unspecified atom stereocenters. The minimum Gasteiger partial charge on any atom is -0.385 e. The molecule has 2 heterocycles. The van der Waals surface area contributed by atoms with Crippen LogP contribution in [0.2, 0.25) is 0 Å². The van der Waals surface area contributed by atoms with Crippen molar-refractivity contribution >= 4 is 29.9 Å². The zero-order valence-corrected chi connectivity index (χ0v) is 21.0. The molecule has 0 radical (unpaired) electrons. The van der Waals surface area contributed by atoms with Gasteiger partial charge in [-0.1, -0.05) is 24.3 Å². The molecule has 170 valence electrons. The smallest absolute Gasteiger partial charge is 0.191 e. The van der Waals surface area contributed by atoms with Gasteiger partial charge in [-0.25, -0.2) is 4.99 Å². The standard InChI is InChI=1S/C24H35N5O.HI/c1-3-25-24(28-22-11-15-29(16-12-22)14-7-17-30-2)27-19-20-8-6-9-21(18-20)23-10-4-5-13-26-23;/h4-6,8-10,13,18,22H,3,7,11-12,14-17,19H2,1-2H3,(H2,25,27,28);1H. The molecule has 1 saturated heterocycles. The molecule has 2 N–H and O–H groups in total. The van der Waals surface area contributed by atoms with Crippen molar-refractivity contribution < 1.29 is 4.74 Å². The van der Waals surface area contributed by atoms with Gasteiger partial charge in [-0.05, 0) is 49.9 Å². The molecule has 1 aliphatic heterocycles. The number of likely N-dealkylation sites (tertiary alicyclic amines) is 1. The van der Waals surface area contributed by atoms with Crippen molar-refractivity contribution in [2.24, 2.45) is 4.99 Å². The second-order valence-corrected chi connectivity index (χ2v) is 7.72. The van der Waals surface area contributed by atoms with Crippen LogP contribution in [0.3, 0.4) is 0 Å². The maximum absolute atomic E-state index is 5.16. The largest absolute Gasteiger partial charge is 0.385 e. The number of pyridine rings is 1. The number of rotatable bonds is 9. The fourth-order valence-electron chi connectivity index (χ4n) is 3.78. The van der Waals surface area contributed by atoms with Crippen molar-refractivity contribution in [3.63, 3.8) is 0 Å². The Balaban J connectivity index is 0.00000341. The van der Waals surface area contributed by atoms with Crippen LogP contribution in [0.4, 0.5) is 0 Å². The van der Waals surface area contributed by atoms with Gasteiger partial charge < -0.3 is 20.3 Å². The van der Waals surface area contributed by atoms with Gasteiger partial charge in [0.05, 0.1) is 12.2 Å². The zero-order valence-electron chi connectivity index (χ0n) is 18.7. The van der Waals surface area contributed by atoms with Gasteiger partial charge in [-0.3, -0.25) is 4.98 Å². The number of halogens is 1. The van der Waals surface area contributed by atoms with Gasteiger partial charge in [0.25, 0.3) is 0 Å². The number of hydrogen-bond donors (Lipinski definition) is 2. The van der Waals surface area contributed by atoms with Crippen LogP contribution in [-0.4, -0.2) is 61.8 Å². The summed E-state index contributed by atoms with van der Waals surface area (Å²) in [5, 5.41) is 7.03. The first kappa shape index (κ1) is 25.5. The molecule has 0 atom stereocenters. The highest BCUT2D eigenvalue weighted by atomic mass is 127. The van der Waals surface area contributed by atoms with Crippen molar-refractivity contribution in [1.82, 2.24) is 20.5 Å². The SMILES string of the molecule is CCNC(=NCc1cccc(-c2ccccn2)c1)NC1CCN(CCCOC)CC1.I. The summed E-state index contributed by atoms with van der Waals surface area (Å²) in [6.07, 6.45) is 5.23. The first-order chi connectivity index (χ1) is 14.8. The van der Waals surface area contributed by atoms with Gasteiger partial charge in [-0.2, -0.15) is 0 Å². The number of benzene rings is 1. The van der Waals surface area contributed by atoms with E-state index in [2.05, 4.69) is 51.7 Å². The zero-order chi connectivity index (χ0) is 21.0. The maximum Gasteiger partial charge on any atom is 0.191 e. The number of nitrogens with zero attached hydrogens (tertiary/aromatic N) is 3. The summed E-state index contributed by atoms with van der Waals surface area (Å²) in [6.45, 7) is 7.84. The summed E-state index contributed by atoms with van der Waals surface area (Å²) in [5.41, 5.74) is 3.30. The Kier molecular flexibility index (Phi) is 11.8. The lowest BCUT2D eigenvalue weighted by atomic mass is 10.1. The monoisotopic (exact) mass is 537 g/mol. The molecule has 31 heavy (non-hydrogen) atoms.